The van der Waals surface area contributed by atoms with E-state index in [1.165, 1.54) is 0 Å². The third-order valence-corrected chi connectivity index (χ3v) is 1.69. The third kappa shape index (κ3) is 7.01. The van der Waals surface area contributed by atoms with Crippen LogP contribution in [0, 0.1) is 0 Å². The summed E-state index contributed by atoms with van der Waals surface area (Å²) in [6.07, 6.45) is 0.663. The fourth-order valence-corrected chi connectivity index (χ4v) is 0.808. The van der Waals surface area contributed by atoms with Gasteiger partial charge >= 0.3 is 29.6 Å². The quantitative estimate of drug-likeness (QED) is 0.461. The number of nitrogens with zero attached hydrogens (tertiary/aromatic N) is 1. The van der Waals surface area contributed by atoms with Gasteiger partial charge in [-0.2, -0.15) is 0 Å². The summed E-state index contributed by atoms with van der Waals surface area (Å²) in [7, 11) is 0. The zero-order valence-electron chi connectivity index (χ0n) is 9.18. The van der Waals surface area contributed by atoms with Crippen LogP contribution in [-0.2, 0) is 4.79 Å². The van der Waals surface area contributed by atoms with E-state index in [2.05, 4.69) is 18.7 Å². The van der Waals surface area contributed by atoms with Crippen molar-refractivity contribution < 1.29 is 35.8 Å². The van der Waals surface area contributed by atoms with E-state index >= 15 is 0 Å². The summed E-state index contributed by atoms with van der Waals surface area (Å²) in [4.78, 5) is 13.0. The van der Waals surface area contributed by atoms with Gasteiger partial charge < -0.3 is 1.43 Å². The van der Waals surface area contributed by atoms with Crippen molar-refractivity contribution in [2.24, 2.45) is 0 Å². The number of rotatable bonds is 5. The van der Waals surface area contributed by atoms with Crippen LogP contribution in [0.15, 0.2) is 0 Å². The molecular formula is C8H18NNaO. The summed E-state index contributed by atoms with van der Waals surface area (Å²) < 4.78 is 0. The van der Waals surface area contributed by atoms with Gasteiger partial charge in [0, 0.05) is 6.42 Å². The Kier molecular flexibility index (Phi) is 11.2. The van der Waals surface area contributed by atoms with E-state index in [0.29, 0.717) is 18.7 Å². The van der Waals surface area contributed by atoms with Crippen molar-refractivity contribution >= 4 is 5.78 Å². The Morgan fingerprint density at radius 1 is 1.27 bits per heavy atom. The smallest absolute Gasteiger partial charge is 1.00 e. The van der Waals surface area contributed by atoms with Gasteiger partial charge in [-0.15, -0.1) is 0 Å². The second-order valence-electron chi connectivity index (χ2n) is 2.35. The number of hydrogen-bond donors (Lipinski definition) is 0. The Balaban J connectivity index is -0.000000405. The molecule has 0 aliphatic rings. The summed E-state index contributed by atoms with van der Waals surface area (Å²) in [6.45, 7) is 8.64. The Morgan fingerprint density at radius 3 is 2.00 bits per heavy atom. The second kappa shape index (κ2) is 8.72. The predicted molar refractivity (Wildman–Crippen MR) is 44.2 cm³/mol. The normalized spacial score (nSPS) is 9.45. The molecule has 0 bridgehead atoms. The fraction of sp³-hybridized carbons (Fsp3) is 0.875. The van der Waals surface area contributed by atoms with Crippen LogP contribution in [0.4, 0.5) is 0 Å². The van der Waals surface area contributed by atoms with Gasteiger partial charge in [-0.1, -0.05) is 20.8 Å². The van der Waals surface area contributed by atoms with Gasteiger partial charge in [0.25, 0.3) is 0 Å². The van der Waals surface area contributed by atoms with Crippen molar-refractivity contribution in [1.29, 1.82) is 0 Å². The van der Waals surface area contributed by atoms with Crippen molar-refractivity contribution in [2.45, 2.75) is 27.2 Å². The molecular weight excluding hydrogens is 149 g/mol. The third-order valence-electron chi connectivity index (χ3n) is 1.69. The molecule has 3 heteroatoms. The zero-order valence-corrected chi connectivity index (χ0v) is 10.2. The van der Waals surface area contributed by atoms with Gasteiger partial charge in [-0.25, -0.2) is 0 Å². The number of hydrogen-bond acceptors (Lipinski definition) is 2. The van der Waals surface area contributed by atoms with Gasteiger partial charge in [-0.05, 0) is 13.1 Å². The average Bonchev–Trinajstić information content (AvgIpc) is 1.99. The largest absolute Gasteiger partial charge is 1.00 e. The summed E-state index contributed by atoms with van der Waals surface area (Å²) >= 11 is 0. The average molecular weight is 167 g/mol. The fourth-order valence-electron chi connectivity index (χ4n) is 0.808. The minimum Gasteiger partial charge on any atom is -1.00 e. The van der Waals surface area contributed by atoms with Gasteiger partial charge in [0.1, 0.15) is 5.78 Å². The Morgan fingerprint density at radius 2 is 1.73 bits per heavy atom. The van der Waals surface area contributed by atoms with E-state index in [9.17, 15) is 4.79 Å². The molecule has 0 spiro atoms. The summed E-state index contributed by atoms with van der Waals surface area (Å²) in [5.74, 6) is 0.337. The molecule has 0 aromatic carbocycles. The molecule has 0 fully saturated rings. The number of ketones is 1. The first kappa shape index (κ1) is 14.2. The monoisotopic (exact) mass is 167 g/mol. The van der Waals surface area contributed by atoms with Gasteiger partial charge in [0.05, 0.1) is 6.54 Å². The van der Waals surface area contributed by atoms with Crippen LogP contribution >= 0.6 is 0 Å². The van der Waals surface area contributed by atoms with Crippen LogP contribution in [0.2, 0.25) is 0 Å². The molecule has 0 saturated heterocycles. The van der Waals surface area contributed by atoms with Crippen LogP contribution in [0.5, 0.6) is 0 Å². The van der Waals surface area contributed by atoms with E-state index in [4.69, 9.17) is 0 Å². The first-order valence-corrected chi connectivity index (χ1v) is 3.98. The maximum absolute atomic E-state index is 10.9. The minimum absolute atomic E-state index is 0. The van der Waals surface area contributed by atoms with E-state index in [-0.39, 0.29) is 31.0 Å². The van der Waals surface area contributed by atoms with Crippen LogP contribution in [-0.4, -0.2) is 30.3 Å². The molecule has 2 nitrogen and oxygen atoms in total. The van der Waals surface area contributed by atoms with Gasteiger partial charge in [0.2, 0.25) is 0 Å². The van der Waals surface area contributed by atoms with E-state index in [1.807, 2.05) is 6.92 Å². The molecule has 0 aliphatic carbocycles. The van der Waals surface area contributed by atoms with Crippen LogP contribution in [0.3, 0.4) is 0 Å². The van der Waals surface area contributed by atoms with Crippen LogP contribution in [0.1, 0.15) is 28.6 Å². The van der Waals surface area contributed by atoms with E-state index < -0.39 is 0 Å². The number of carbonyl (C=O) groups is 1. The molecule has 0 heterocycles. The number of Topliss-reactive ketones (excluding diaryl/α,β-unsaturated/α-hetero) is 1. The van der Waals surface area contributed by atoms with E-state index in [0.717, 1.165) is 13.1 Å². The standard InChI is InChI=1S/C8H17NO.Na.H/c1-4-8(10)7-9(5-2)6-3;;/h4-7H2,1-3H3;;/q;+1;-1. The molecule has 0 unspecified atom stereocenters. The topological polar surface area (TPSA) is 20.3 Å². The van der Waals surface area contributed by atoms with E-state index in [1.54, 1.807) is 0 Å². The Hall–Kier alpha value is 0.630. The Bertz CT molecular complexity index is 107. The maximum atomic E-state index is 10.9. The van der Waals surface area contributed by atoms with Crippen molar-refractivity contribution in [3.8, 4) is 0 Å². The molecule has 0 aliphatic heterocycles. The second-order valence-corrected chi connectivity index (χ2v) is 2.35. The molecule has 0 N–H and O–H groups in total. The summed E-state index contributed by atoms with van der Waals surface area (Å²) in [5.41, 5.74) is 0. The first-order chi connectivity index (χ1) is 4.74. The molecule has 0 amide bonds. The van der Waals surface area contributed by atoms with Crippen molar-refractivity contribution in [1.82, 2.24) is 4.90 Å². The van der Waals surface area contributed by atoms with Crippen molar-refractivity contribution in [3.05, 3.63) is 0 Å². The molecule has 0 saturated carbocycles. The molecule has 11 heavy (non-hydrogen) atoms. The summed E-state index contributed by atoms with van der Waals surface area (Å²) in [6, 6.07) is 0. The maximum Gasteiger partial charge on any atom is 1.00 e. The number of likely N-dealkylation sites (N-methyl/N-ethyl adjacent to an activating group) is 1. The SMILES string of the molecule is CCC(=O)CN(CC)CC.[H-].[Na+]. The molecule has 0 aromatic heterocycles. The zero-order chi connectivity index (χ0) is 7.98. The molecule has 0 atom stereocenters. The molecule has 0 radical (unpaired) electrons. The molecule has 0 rings (SSSR count). The first-order valence-electron chi connectivity index (χ1n) is 3.98. The minimum atomic E-state index is 0. The Labute approximate surface area is 93.1 Å². The summed E-state index contributed by atoms with van der Waals surface area (Å²) in [5, 5.41) is 0. The van der Waals surface area contributed by atoms with Gasteiger partial charge in [0.15, 0.2) is 0 Å². The molecule has 62 valence electrons. The van der Waals surface area contributed by atoms with Gasteiger partial charge in [-0.3, -0.25) is 9.69 Å². The number of carbonyl (C=O) groups excluding carboxylic acids is 1. The predicted octanol–water partition coefficient (Wildman–Crippen LogP) is -1.58. The van der Waals surface area contributed by atoms with Crippen LogP contribution in [0.25, 0.3) is 0 Å². The molecule has 0 aromatic rings. The van der Waals surface area contributed by atoms with Crippen molar-refractivity contribution in [2.75, 3.05) is 19.6 Å². The van der Waals surface area contributed by atoms with Crippen LogP contribution < -0.4 is 29.6 Å². The van der Waals surface area contributed by atoms with Crippen molar-refractivity contribution in [3.63, 3.8) is 0 Å².